The first-order valence-electron chi connectivity index (χ1n) is 1.55. The molecule has 0 aromatic heterocycles. The Bertz CT molecular complexity index is 49.4. The highest BCUT2D eigenvalue weighted by atomic mass is 35.5. The van der Waals surface area contributed by atoms with Gasteiger partial charge in [-0.15, -0.1) is 0 Å². The van der Waals surface area contributed by atoms with E-state index in [9.17, 15) is 8.78 Å². The average molecular weight is 148 g/mol. The molecule has 0 aromatic rings. The van der Waals surface area contributed by atoms with E-state index in [2.05, 4.69) is 23.2 Å². The summed E-state index contributed by atoms with van der Waals surface area (Å²) in [5.41, 5.74) is 0. The van der Waals surface area contributed by atoms with Crippen molar-refractivity contribution in [2.24, 2.45) is 0 Å². The molecule has 0 atom stereocenters. The molecule has 7 heavy (non-hydrogen) atoms. The zero-order valence-corrected chi connectivity index (χ0v) is 4.81. The Morgan fingerprint density at radius 2 is 2.00 bits per heavy atom. The predicted octanol–water partition coefficient (Wildman–Crippen LogP) is 2.61. The van der Waals surface area contributed by atoms with Gasteiger partial charge in [0, 0.05) is 6.42 Å². The lowest BCUT2D eigenvalue weighted by molar-refractivity contribution is 0.362. The summed E-state index contributed by atoms with van der Waals surface area (Å²) in [4.78, 5) is 0. The van der Waals surface area contributed by atoms with Crippen molar-refractivity contribution in [1.29, 1.82) is 0 Å². The number of hydrogen-bond donors (Lipinski definition) is 0. The van der Waals surface area contributed by atoms with E-state index in [0.29, 0.717) is 0 Å². The topological polar surface area (TPSA) is 0 Å². The van der Waals surface area contributed by atoms with Crippen LogP contribution in [0.25, 0.3) is 0 Å². The third-order valence-electron chi connectivity index (χ3n) is 0.309. The van der Waals surface area contributed by atoms with E-state index < -0.39 is 11.0 Å². The van der Waals surface area contributed by atoms with Gasteiger partial charge in [-0.05, 0) is 0 Å². The molecular weight excluding hydrogens is 145 g/mol. The molecule has 0 bridgehead atoms. The molecule has 0 rings (SSSR count). The van der Waals surface area contributed by atoms with Gasteiger partial charge in [0.25, 0.3) is 4.59 Å². The predicted molar refractivity (Wildman–Crippen MR) is 25.6 cm³/mol. The summed E-state index contributed by atoms with van der Waals surface area (Å²) in [6.45, 7) is 0.0694. The second-order valence-electron chi connectivity index (χ2n) is 0.974. The average Bonchev–Trinajstić information content (AvgIpc) is 1.30. The number of hydrogen-bond acceptors (Lipinski definition) is 0. The molecule has 0 N–H and O–H groups in total. The van der Waals surface area contributed by atoms with Crippen LogP contribution in [0.15, 0.2) is 0 Å². The van der Waals surface area contributed by atoms with Crippen LogP contribution < -0.4 is 0 Å². The highest BCUT2D eigenvalue weighted by Gasteiger charge is 2.20. The van der Waals surface area contributed by atoms with Crippen LogP contribution in [0.1, 0.15) is 6.42 Å². The van der Waals surface area contributed by atoms with Gasteiger partial charge in [0.2, 0.25) is 0 Å². The van der Waals surface area contributed by atoms with Crippen LogP contribution in [0.3, 0.4) is 0 Å². The van der Waals surface area contributed by atoms with E-state index in [4.69, 9.17) is 0 Å². The minimum Gasteiger partial charge on any atom is -0.244 e. The van der Waals surface area contributed by atoms with Crippen LogP contribution >= 0.6 is 23.2 Å². The SMILES string of the molecule is F[CH]CC(F)(Cl)Cl. The van der Waals surface area contributed by atoms with Gasteiger partial charge >= 0.3 is 0 Å². The van der Waals surface area contributed by atoms with E-state index >= 15 is 0 Å². The summed E-state index contributed by atoms with van der Waals surface area (Å²) in [6.07, 6.45) is -0.587. The van der Waals surface area contributed by atoms with Gasteiger partial charge in [-0.1, -0.05) is 23.2 Å². The second kappa shape index (κ2) is 2.68. The summed E-state index contributed by atoms with van der Waals surface area (Å²) in [5, 5.41) is 0. The van der Waals surface area contributed by atoms with Crippen LogP contribution in [0.2, 0.25) is 0 Å². The van der Waals surface area contributed by atoms with Gasteiger partial charge in [0.05, 0.1) is 0 Å². The Morgan fingerprint density at radius 3 is 2.00 bits per heavy atom. The molecule has 0 saturated carbocycles. The summed E-state index contributed by atoms with van der Waals surface area (Å²) in [7, 11) is 0. The monoisotopic (exact) mass is 147 g/mol. The Kier molecular flexibility index (Phi) is 2.84. The minimum absolute atomic E-state index is 0.0694. The van der Waals surface area contributed by atoms with Crippen LogP contribution in [0, 0.1) is 6.67 Å². The van der Waals surface area contributed by atoms with Crippen LogP contribution in [-0.2, 0) is 0 Å². The van der Waals surface area contributed by atoms with Gasteiger partial charge in [0.1, 0.15) is 6.67 Å². The van der Waals surface area contributed by atoms with Crippen molar-refractivity contribution >= 4 is 23.2 Å². The molecule has 1 radical (unpaired) electrons. The van der Waals surface area contributed by atoms with Crippen molar-refractivity contribution < 1.29 is 8.78 Å². The second-order valence-corrected chi connectivity index (χ2v) is 2.37. The van der Waals surface area contributed by atoms with Crippen molar-refractivity contribution in [1.82, 2.24) is 0 Å². The summed E-state index contributed by atoms with van der Waals surface area (Å²) >= 11 is 9.32. The maximum absolute atomic E-state index is 11.6. The van der Waals surface area contributed by atoms with Crippen molar-refractivity contribution in [2.75, 3.05) is 0 Å². The van der Waals surface area contributed by atoms with Crippen molar-refractivity contribution in [3.63, 3.8) is 0 Å². The molecule has 0 aliphatic rings. The highest BCUT2D eigenvalue weighted by Crippen LogP contribution is 2.27. The molecule has 0 aromatic carbocycles. The Morgan fingerprint density at radius 1 is 1.57 bits per heavy atom. The molecule has 43 valence electrons. The summed E-state index contributed by atoms with van der Waals surface area (Å²) in [5.74, 6) is 0. The minimum atomic E-state index is -2.44. The van der Waals surface area contributed by atoms with E-state index in [1.807, 2.05) is 0 Å². The van der Waals surface area contributed by atoms with Crippen LogP contribution in [0.5, 0.6) is 0 Å². The summed E-state index contributed by atoms with van der Waals surface area (Å²) in [6, 6.07) is 0. The van der Waals surface area contributed by atoms with Crippen LogP contribution in [0.4, 0.5) is 8.78 Å². The maximum Gasteiger partial charge on any atom is 0.260 e. The van der Waals surface area contributed by atoms with Crippen molar-refractivity contribution in [2.45, 2.75) is 11.0 Å². The first-order valence-corrected chi connectivity index (χ1v) is 2.30. The third kappa shape index (κ3) is 6.44. The Balaban J connectivity index is 3.15. The zero-order valence-electron chi connectivity index (χ0n) is 3.30. The van der Waals surface area contributed by atoms with Gasteiger partial charge in [0.15, 0.2) is 0 Å². The number of halogens is 4. The lowest BCUT2D eigenvalue weighted by atomic mass is 10.5. The Labute approximate surface area is 50.4 Å². The van der Waals surface area contributed by atoms with Gasteiger partial charge < -0.3 is 0 Å². The fraction of sp³-hybridized carbons (Fsp3) is 0.667. The number of alkyl halides is 3. The van der Waals surface area contributed by atoms with Gasteiger partial charge in [-0.2, -0.15) is 0 Å². The molecule has 0 amide bonds. The van der Waals surface area contributed by atoms with E-state index in [1.54, 1.807) is 0 Å². The lowest BCUT2D eigenvalue weighted by Gasteiger charge is -2.01. The maximum atomic E-state index is 11.6. The largest absolute Gasteiger partial charge is 0.260 e. The van der Waals surface area contributed by atoms with Crippen molar-refractivity contribution in [3.05, 3.63) is 6.67 Å². The normalized spacial score (nSPS) is 12.0. The third-order valence-corrected chi connectivity index (χ3v) is 0.617. The fourth-order valence-electron chi connectivity index (χ4n) is 0.0875. The van der Waals surface area contributed by atoms with E-state index in [0.717, 1.165) is 0 Å². The molecular formula is C3H3Cl2F2. The first kappa shape index (κ1) is 7.44. The summed E-state index contributed by atoms with van der Waals surface area (Å²) < 4.78 is 20.2. The Hall–Kier alpha value is 0.440. The standard InChI is InChI=1S/C3H3Cl2F2/c4-3(5,7)1-2-6/h2H,1H2. The molecule has 0 aliphatic heterocycles. The molecule has 0 fully saturated rings. The molecule has 0 nitrogen and oxygen atoms in total. The molecule has 0 saturated heterocycles. The van der Waals surface area contributed by atoms with Gasteiger partial charge in [-0.3, -0.25) is 0 Å². The smallest absolute Gasteiger partial charge is 0.244 e. The van der Waals surface area contributed by atoms with E-state index in [-0.39, 0.29) is 6.67 Å². The van der Waals surface area contributed by atoms with Gasteiger partial charge in [-0.25, -0.2) is 8.78 Å². The molecule has 0 unspecified atom stereocenters. The zero-order chi connectivity index (χ0) is 5.91. The molecule has 4 heteroatoms. The molecule has 0 aliphatic carbocycles. The van der Waals surface area contributed by atoms with Crippen molar-refractivity contribution in [3.8, 4) is 0 Å². The fourth-order valence-corrected chi connectivity index (χ4v) is 0.204. The van der Waals surface area contributed by atoms with E-state index in [1.165, 1.54) is 0 Å². The first-order chi connectivity index (χ1) is 3.06. The quantitative estimate of drug-likeness (QED) is 0.528. The van der Waals surface area contributed by atoms with Crippen LogP contribution in [-0.4, -0.2) is 4.59 Å². The molecule has 0 spiro atoms. The lowest BCUT2D eigenvalue weighted by Crippen LogP contribution is -2.00. The number of rotatable bonds is 2. The molecule has 0 heterocycles. The highest BCUT2D eigenvalue weighted by molar-refractivity contribution is 6.47.